The van der Waals surface area contributed by atoms with E-state index >= 15 is 0 Å². The van der Waals surface area contributed by atoms with E-state index in [0.29, 0.717) is 62.3 Å². The van der Waals surface area contributed by atoms with Crippen molar-refractivity contribution in [1.29, 1.82) is 0 Å². The summed E-state index contributed by atoms with van der Waals surface area (Å²) < 4.78 is 13.2. The van der Waals surface area contributed by atoms with Gasteiger partial charge in [0.25, 0.3) is 0 Å². The number of H-pyrrole nitrogens is 2. The largest absolute Gasteiger partial charge is 0.361 e. The Bertz CT molecular complexity index is 7160. The number of carbonyl (C=O) groups is 7. The van der Waals surface area contributed by atoms with Crippen LogP contribution in [0.15, 0.2) is 274 Å². The van der Waals surface area contributed by atoms with E-state index in [2.05, 4.69) is 186 Å². The minimum atomic E-state index is -0.481. The second-order valence-corrected chi connectivity index (χ2v) is 36.8. The van der Waals surface area contributed by atoms with Gasteiger partial charge in [-0.3, -0.25) is 48.5 Å². The number of pyridine rings is 5. The van der Waals surface area contributed by atoms with Gasteiger partial charge in [0.2, 0.25) is 5.95 Å². The number of para-hydroxylation sites is 1. The molecule has 0 saturated heterocycles. The highest BCUT2D eigenvalue weighted by molar-refractivity contribution is 6.05. The topological polar surface area (TPSA) is 216 Å². The number of benzene rings is 10. The van der Waals surface area contributed by atoms with Crippen molar-refractivity contribution in [3.05, 3.63) is 397 Å². The first-order chi connectivity index (χ1) is 66.7. The molecule has 0 radical (unpaired) electrons. The summed E-state index contributed by atoms with van der Waals surface area (Å²) in [5, 5.41) is 3.48. The van der Waals surface area contributed by atoms with Crippen LogP contribution in [0, 0.1) is 54.4 Å². The zero-order valence-corrected chi connectivity index (χ0v) is 78.8. The fourth-order valence-corrected chi connectivity index (χ4v) is 21.3. The van der Waals surface area contributed by atoms with Gasteiger partial charge in [0.05, 0.1) is 5.52 Å². The second-order valence-electron chi connectivity index (χ2n) is 36.8. The summed E-state index contributed by atoms with van der Waals surface area (Å²) in [6.45, 7) is 14.8. The highest BCUT2D eigenvalue weighted by atomic mass is 19.1. The van der Waals surface area contributed by atoms with Crippen LogP contribution in [0.5, 0.6) is 0 Å². The van der Waals surface area contributed by atoms with E-state index in [-0.39, 0.29) is 23.1 Å². The predicted molar refractivity (Wildman–Crippen MR) is 547 cm³/mol. The number of halogens is 1. The van der Waals surface area contributed by atoms with Gasteiger partial charge in [-0.25, -0.2) is 9.97 Å². The Morgan fingerprint density at radius 1 is 0.234 bits per heavy atom. The first-order valence-corrected chi connectivity index (χ1v) is 48.1. The third-order valence-corrected chi connectivity index (χ3v) is 28.7. The molecule has 24 rings (SSSR count). The van der Waals surface area contributed by atoms with E-state index < -0.39 is 5.95 Å². The Kier molecular flexibility index (Phi) is 27.9. The highest BCUT2D eigenvalue weighted by Crippen LogP contribution is 2.42. The monoisotopic (exact) mass is 1800 g/mol. The molecule has 10 aromatic carbocycles. The van der Waals surface area contributed by atoms with E-state index in [1.807, 2.05) is 135 Å². The van der Waals surface area contributed by atoms with Crippen molar-refractivity contribution < 1.29 is 38.0 Å². The van der Waals surface area contributed by atoms with Gasteiger partial charge >= 0.3 is 0 Å². The number of aromatic nitrogens is 7. The van der Waals surface area contributed by atoms with E-state index in [1.54, 1.807) is 24.7 Å². The zero-order valence-electron chi connectivity index (χ0n) is 78.8. The van der Waals surface area contributed by atoms with E-state index in [4.69, 9.17) is 0 Å². The average Bonchev–Trinajstić information content (AvgIpc) is 1.71. The third kappa shape index (κ3) is 19.8. The summed E-state index contributed by atoms with van der Waals surface area (Å²) in [4.78, 5) is 111. The van der Waals surface area contributed by atoms with Gasteiger partial charge in [0.1, 0.15) is 5.65 Å². The first kappa shape index (κ1) is 92.4. The van der Waals surface area contributed by atoms with Crippen LogP contribution in [-0.4, -0.2) is 75.4 Å². The molecule has 0 saturated carbocycles. The normalized spacial score (nSPS) is 14.4. The smallest absolute Gasteiger partial charge is 0.213 e. The van der Waals surface area contributed by atoms with Crippen molar-refractivity contribution in [2.45, 2.75) is 183 Å². The minimum Gasteiger partial charge on any atom is -0.361 e. The molecule has 14 nitrogen and oxygen atoms in total. The molecule has 7 aliphatic carbocycles. The lowest BCUT2D eigenvalue weighted by molar-refractivity contribution is 0.0964. The SMILES string of the molecule is Cc1c(-c2ccc3[nH]ccc3c2)ccc2c1CCCC2=O.Cc1c(-c2ccccc2)ccc2c1CCCC2=O.Cc1c(-c2cccnc2)ccc2c1CCCC2=O.Cc1c(-c2ccnc(F)c2)ccc2c1CCCC2=O.Cc1c(-c2ccncc2)ccc2c1CCCC2=O.Cc1c(-c2cnc3[nH]ccc3c2)ccc2c1CCCC2=O.Cc1c(-c2cnc3ccccc3c2)ccc2c1CCCC2=O. The predicted octanol–water partition coefficient (Wildman–Crippen LogP) is 28.5. The molecule has 0 amide bonds. The number of nitrogens with zero attached hydrogens (tertiary/aromatic N) is 5. The van der Waals surface area contributed by atoms with Gasteiger partial charge in [-0.2, -0.15) is 4.39 Å². The summed E-state index contributed by atoms with van der Waals surface area (Å²) >= 11 is 0. The van der Waals surface area contributed by atoms with E-state index in [9.17, 15) is 38.0 Å². The number of hydrogen-bond donors (Lipinski definition) is 2. The van der Waals surface area contributed by atoms with Crippen LogP contribution in [0.4, 0.5) is 4.39 Å². The molecule has 7 heterocycles. The van der Waals surface area contributed by atoms with Gasteiger partial charge in [0.15, 0.2) is 40.5 Å². The Morgan fingerprint density at radius 3 is 0.978 bits per heavy atom. The van der Waals surface area contributed by atoms with Gasteiger partial charge < -0.3 is 9.97 Å². The van der Waals surface area contributed by atoms with Crippen LogP contribution < -0.4 is 0 Å². The lowest BCUT2D eigenvalue weighted by atomic mass is 9.84. The van der Waals surface area contributed by atoms with Crippen LogP contribution in [0.1, 0.15) is 240 Å². The lowest BCUT2D eigenvalue weighted by Gasteiger charge is -2.19. The molecule has 15 heteroatoms. The number of rotatable bonds is 7. The minimum absolute atomic E-state index is 0.219. The van der Waals surface area contributed by atoms with Crippen molar-refractivity contribution in [3.8, 4) is 77.9 Å². The van der Waals surface area contributed by atoms with Crippen LogP contribution >= 0.6 is 0 Å². The molecule has 0 unspecified atom stereocenters. The molecule has 0 fully saturated rings. The second kappa shape index (κ2) is 41.4. The van der Waals surface area contributed by atoms with E-state index in [0.717, 1.165) is 195 Å². The van der Waals surface area contributed by atoms with Gasteiger partial charge in [0, 0.05) is 179 Å². The molecule has 0 spiro atoms. The lowest BCUT2D eigenvalue weighted by Crippen LogP contribution is -2.12. The number of hydrogen-bond acceptors (Lipinski definition) is 12. The number of ketones is 7. The Balaban J connectivity index is 0.000000106. The molecule has 7 aromatic heterocycles. The highest BCUT2D eigenvalue weighted by Gasteiger charge is 2.29. The van der Waals surface area contributed by atoms with Gasteiger partial charge in [-0.05, 0) is 350 Å². The van der Waals surface area contributed by atoms with E-state index in [1.165, 1.54) is 134 Å². The summed E-state index contributed by atoms with van der Waals surface area (Å²) in [7, 11) is 0. The molecule has 682 valence electrons. The van der Waals surface area contributed by atoms with Crippen LogP contribution in [-0.2, 0) is 44.9 Å². The number of Topliss-reactive ketones (excluding diaryl/α,β-unsaturated/α-hetero) is 7. The van der Waals surface area contributed by atoms with Gasteiger partial charge in [-0.15, -0.1) is 0 Å². The summed E-state index contributed by atoms with van der Waals surface area (Å²) in [5.74, 6) is 1.49. The number of fused-ring (bicyclic) bond motifs is 10. The molecular formula is C122H110FN7O7. The Morgan fingerprint density at radius 2 is 0.562 bits per heavy atom. The number of carbonyl (C=O) groups excluding carboxylic acids is 7. The molecule has 137 heavy (non-hydrogen) atoms. The number of nitrogens with one attached hydrogen (secondary N) is 2. The summed E-state index contributed by atoms with van der Waals surface area (Å²) in [6.07, 6.45) is 35.0. The molecule has 17 aromatic rings. The third-order valence-electron chi connectivity index (χ3n) is 28.7. The fraction of sp³-hybridized carbons (Fsp3) is 0.230. The van der Waals surface area contributed by atoms with Gasteiger partial charge in [-0.1, -0.05) is 146 Å². The number of aromatic amines is 2. The van der Waals surface area contributed by atoms with Crippen LogP contribution in [0.2, 0.25) is 0 Å². The molecule has 0 aliphatic heterocycles. The Labute approximate surface area is 799 Å². The van der Waals surface area contributed by atoms with Crippen molar-refractivity contribution in [3.63, 3.8) is 0 Å². The Hall–Kier alpha value is -15.1. The van der Waals surface area contributed by atoms with Crippen LogP contribution in [0.3, 0.4) is 0 Å². The van der Waals surface area contributed by atoms with Crippen molar-refractivity contribution in [1.82, 2.24) is 34.9 Å². The van der Waals surface area contributed by atoms with Crippen molar-refractivity contribution >= 4 is 73.3 Å². The fourth-order valence-electron chi connectivity index (χ4n) is 21.3. The van der Waals surface area contributed by atoms with Crippen molar-refractivity contribution in [2.24, 2.45) is 0 Å². The molecule has 0 bridgehead atoms. The summed E-state index contributed by atoms with van der Waals surface area (Å²) in [5.41, 5.74) is 42.6. The first-order valence-electron chi connectivity index (χ1n) is 48.1. The molecule has 0 atom stereocenters. The standard InChI is InChI=1S/C20H17NO.C19H17NO.C18H16N2O.C17H16O.C16H14FNO.2C16H15NO/c1-13-16(9-10-18-17(13)6-4-8-20(18)22)15-11-14-5-2-3-7-19(14)21-12-15;1-12-15(6-7-17-16(12)3-2-4-19(17)21)13-5-8-18-14(11-13)9-10-20-18;1-11-14(5-6-16-15(11)3-2-4-17(16)21)13-9-12-7-8-19-18(12)20-10-13;1-12-14(13-6-3-2-4-7-13)10-11-16-15(12)8-5-9-17(16)18;1-10-12(11-7-8-18-16(17)9-11)5-6-14-13(10)3-2-4-15(14)19;1-11-13(12-4-3-9-17-10-12)7-8-15-14(11)5-2-6-16(15)18;1-11-13(12-7-9-17-10-8-12)5-6-15-14(11)3-2-4-16(15)18/h2-3,5,7,9-12H,4,6,8H2,1H3;5-11,20H,2-4H2,1H3;5-10H,2-4H2,1H3,(H,19,20);2-4,6-7,10-11H,5,8-9H2,1H3;5-9H,2-4H2,1H3;3-4,7-10H,2,5-6H2,1H3;5-10H,2-4H2,1H3. The molecular weight excluding hydrogens is 1690 g/mol. The quantitative estimate of drug-likeness (QED) is 0.143. The maximum Gasteiger partial charge on any atom is 0.213 e. The van der Waals surface area contributed by atoms with Crippen LogP contribution in [0.25, 0.3) is 111 Å². The summed E-state index contributed by atoms with van der Waals surface area (Å²) in [6, 6.07) is 72.9. The molecule has 7 aliphatic rings. The molecule has 2 N–H and O–H groups in total. The van der Waals surface area contributed by atoms with Crippen molar-refractivity contribution in [2.75, 3.05) is 0 Å². The maximum atomic E-state index is 13.2. The maximum absolute atomic E-state index is 13.2. The average molecular weight is 1810 g/mol. The zero-order chi connectivity index (χ0) is 94.9.